The number of benzene rings is 1. The van der Waals surface area contributed by atoms with E-state index in [-0.39, 0.29) is 11.4 Å². The van der Waals surface area contributed by atoms with Crippen molar-refractivity contribution >= 4 is 21.6 Å². The van der Waals surface area contributed by atoms with Gasteiger partial charge >= 0.3 is 0 Å². The molecule has 0 fully saturated rings. The summed E-state index contributed by atoms with van der Waals surface area (Å²) in [6, 6.07) is 7.79. The van der Waals surface area contributed by atoms with Gasteiger partial charge in [-0.15, -0.1) is 0 Å². The molecule has 5 nitrogen and oxygen atoms in total. The molecule has 108 valence electrons. The molecule has 7 heteroatoms. The van der Waals surface area contributed by atoms with E-state index in [1.807, 2.05) is 6.92 Å². The minimum Gasteiger partial charge on any atom is -0.364 e. The molecule has 0 saturated heterocycles. The van der Waals surface area contributed by atoms with Gasteiger partial charge in [-0.25, -0.2) is 8.42 Å². The minimum absolute atomic E-state index is 0.190. The van der Waals surface area contributed by atoms with Gasteiger partial charge in [0, 0.05) is 17.6 Å². The molecule has 2 aromatic rings. The molecule has 0 saturated carbocycles. The molecule has 2 rings (SSSR count). The average molecular weight is 315 g/mol. The third-order valence-corrected chi connectivity index (χ3v) is 4.87. The molecule has 0 aliphatic carbocycles. The SMILES string of the molecule is CCCN(Cc1ccon1)S(=O)(=O)c1ccc(Cl)cc1. The second-order valence-electron chi connectivity index (χ2n) is 4.28. The summed E-state index contributed by atoms with van der Waals surface area (Å²) in [5, 5.41) is 4.26. The molecule has 20 heavy (non-hydrogen) atoms. The fourth-order valence-electron chi connectivity index (χ4n) is 1.79. The van der Waals surface area contributed by atoms with Crippen molar-refractivity contribution in [2.75, 3.05) is 6.54 Å². The van der Waals surface area contributed by atoms with Gasteiger partial charge in [-0.05, 0) is 30.7 Å². The van der Waals surface area contributed by atoms with Crippen molar-refractivity contribution in [2.24, 2.45) is 0 Å². The zero-order valence-electron chi connectivity index (χ0n) is 11.0. The van der Waals surface area contributed by atoms with E-state index in [1.165, 1.54) is 22.7 Å². The van der Waals surface area contributed by atoms with Crippen molar-refractivity contribution in [3.8, 4) is 0 Å². The summed E-state index contributed by atoms with van der Waals surface area (Å²) in [7, 11) is -3.56. The highest BCUT2D eigenvalue weighted by Crippen LogP contribution is 2.20. The Labute approximate surface area is 123 Å². The Balaban J connectivity index is 2.29. The monoisotopic (exact) mass is 314 g/mol. The van der Waals surface area contributed by atoms with Gasteiger partial charge in [0.1, 0.15) is 6.26 Å². The van der Waals surface area contributed by atoms with Crippen LogP contribution in [-0.4, -0.2) is 24.4 Å². The number of nitrogens with zero attached hydrogens (tertiary/aromatic N) is 2. The number of hydrogen-bond donors (Lipinski definition) is 0. The Hall–Kier alpha value is -1.37. The Bertz CT molecular complexity index is 639. The first-order chi connectivity index (χ1) is 9.54. The van der Waals surface area contributed by atoms with Crippen LogP contribution in [0.1, 0.15) is 19.0 Å². The van der Waals surface area contributed by atoms with Crippen LogP contribution in [0.2, 0.25) is 5.02 Å². The van der Waals surface area contributed by atoms with Gasteiger partial charge in [-0.2, -0.15) is 4.31 Å². The molecule has 0 atom stereocenters. The normalized spacial score (nSPS) is 11.9. The van der Waals surface area contributed by atoms with Crippen LogP contribution in [0.25, 0.3) is 0 Å². The van der Waals surface area contributed by atoms with E-state index in [4.69, 9.17) is 16.1 Å². The van der Waals surface area contributed by atoms with E-state index in [0.29, 0.717) is 23.7 Å². The summed E-state index contributed by atoms with van der Waals surface area (Å²) < 4.78 is 31.3. The van der Waals surface area contributed by atoms with Crippen LogP contribution in [0.15, 0.2) is 46.0 Å². The van der Waals surface area contributed by atoms with Crippen LogP contribution >= 0.6 is 11.6 Å². The van der Waals surface area contributed by atoms with Crippen molar-refractivity contribution in [3.63, 3.8) is 0 Å². The summed E-state index contributed by atoms with van der Waals surface area (Å²) in [5.41, 5.74) is 0.580. The summed E-state index contributed by atoms with van der Waals surface area (Å²) in [6.07, 6.45) is 2.14. The molecule has 0 aliphatic heterocycles. The molecule has 0 spiro atoms. The van der Waals surface area contributed by atoms with Crippen LogP contribution in [0, 0.1) is 0 Å². The van der Waals surface area contributed by atoms with Gasteiger partial charge in [-0.1, -0.05) is 23.7 Å². The zero-order chi connectivity index (χ0) is 14.6. The molecule has 0 radical (unpaired) electrons. The van der Waals surface area contributed by atoms with E-state index in [0.717, 1.165) is 0 Å². The van der Waals surface area contributed by atoms with Crippen molar-refractivity contribution in [3.05, 3.63) is 47.3 Å². The zero-order valence-corrected chi connectivity index (χ0v) is 12.6. The van der Waals surface area contributed by atoms with Crippen LogP contribution < -0.4 is 0 Å². The highest BCUT2D eigenvalue weighted by Gasteiger charge is 2.24. The summed E-state index contributed by atoms with van der Waals surface area (Å²) in [6.45, 7) is 2.53. The first-order valence-electron chi connectivity index (χ1n) is 6.19. The van der Waals surface area contributed by atoms with Gasteiger partial charge < -0.3 is 4.52 Å². The third-order valence-electron chi connectivity index (χ3n) is 2.75. The molecule has 0 aliphatic rings. The number of hydrogen-bond acceptors (Lipinski definition) is 4. The summed E-state index contributed by atoms with van der Waals surface area (Å²) in [4.78, 5) is 0.221. The Morgan fingerprint density at radius 2 is 1.95 bits per heavy atom. The van der Waals surface area contributed by atoms with Crippen molar-refractivity contribution in [1.29, 1.82) is 0 Å². The van der Waals surface area contributed by atoms with Crippen LogP contribution in [0.5, 0.6) is 0 Å². The summed E-state index contributed by atoms with van der Waals surface area (Å²) in [5.74, 6) is 0. The Kier molecular flexibility index (Phi) is 4.80. The van der Waals surface area contributed by atoms with Crippen molar-refractivity contribution in [1.82, 2.24) is 9.46 Å². The van der Waals surface area contributed by atoms with Crippen molar-refractivity contribution < 1.29 is 12.9 Å². The lowest BCUT2D eigenvalue weighted by atomic mass is 10.4. The molecule has 0 N–H and O–H groups in total. The lowest BCUT2D eigenvalue weighted by Crippen LogP contribution is -2.31. The third kappa shape index (κ3) is 3.39. The predicted octanol–water partition coefficient (Wildman–Crippen LogP) is 2.93. The first kappa shape index (κ1) is 15.0. The van der Waals surface area contributed by atoms with Crippen molar-refractivity contribution in [2.45, 2.75) is 24.8 Å². The predicted molar refractivity (Wildman–Crippen MR) is 75.8 cm³/mol. The highest BCUT2D eigenvalue weighted by atomic mass is 35.5. The minimum atomic E-state index is -3.56. The number of halogens is 1. The Morgan fingerprint density at radius 3 is 2.50 bits per heavy atom. The lowest BCUT2D eigenvalue weighted by Gasteiger charge is -2.20. The molecule has 0 amide bonds. The largest absolute Gasteiger partial charge is 0.364 e. The van der Waals surface area contributed by atoms with E-state index < -0.39 is 10.0 Å². The van der Waals surface area contributed by atoms with Gasteiger partial charge in [0.25, 0.3) is 0 Å². The number of aromatic nitrogens is 1. The molecule has 1 heterocycles. The van der Waals surface area contributed by atoms with E-state index in [2.05, 4.69) is 5.16 Å². The van der Waals surface area contributed by atoms with Crippen LogP contribution in [-0.2, 0) is 16.6 Å². The first-order valence-corrected chi connectivity index (χ1v) is 8.01. The second kappa shape index (κ2) is 6.39. The van der Waals surface area contributed by atoms with Gasteiger partial charge in [-0.3, -0.25) is 0 Å². The maximum Gasteiger partial charge on any atom is 0.243 e. The highest BCUT2D eigenvalue weighted by molar-refractivity contribution is 7.89. The van der Waals surface area contributed by atoms with Gasteiger partial charge in [0.2, 0.25) is 10.0 Å². The molecule has 0 bridgehead atoms. The van der Waals surface area contributed by atoms with E-state index >= 15 is 0 Å². The van der Waals surface area contributed by atoms with E-state index in [1.54, 1.807) is 18.2 Å². The summed E-state index contributed by atoms with van der Waals surface area (Å²) >= 11 is 5.79. The standard InChI is InChI=1S/C13H15ClN2O3S/c1-2-8-16(10-12-7-9-19-15-12)20(17,18)13-5-3-11(14)4-6-13/h3-7,9H,2,8,10H2,1H3. The van der Waals surface area contributed by atoms with Crippen LogP contribution in [0.3, 0.4) is 0 Å². The lowest BCUT2D eigenvalue weighted by molar-refractivity contribution is 0.371. The molecule has 1 aromatic carbocycles. The molecule has 1 aromatic heterocycles. The molecule has 0 unspecified atom stereocenters. The van der Waals surface area contributed by atoms with E-state index in [9.17, 15) is 8.42 Å². The quantitative estimate of drug-likeness (QED) is 0.822. The molecular formula is C13H15ClN2O3S. The van der Waals surface area contributed by atoms with Gasteiger partial charge in [0.15, 0.2) is 0 Å². The smallest absolute Gasteiger partial charge is 0.243 e. The fourth-order valence-corrected chi connectivity index (χ4v) is 3.42. The average Bonchev–Trinajstić information content (AvgIpc) is 2.92. The molecular weight excluding hydrogens is 300 g/mol. The second-order valence-corrected chi connectivity index (χ2v) is 6.66. The number of sulfonamides is 1. The Morgan fingerprint density at radius 1 is 1.25 bits per heavy atom. The maximum absolute atomic E-state index is 12.6. The maximum atomic E-state index is 12.6. The number of rotatable bonds is 6. The van der Waals surface area contributed by atoms with Gasteiger partial charge in [0.05, 0.1) is 17.1 Å². The fraction of sp³-hybridized carbons (Fsp3) is 0.308. The topological polar surface area (TPSA) is 63.4 Å². The van der Waals surface area contributed by atoms with Crippen LogP contribution in [0.4, 0.5) is 0 Å².